The topological polar surface area (TPSA) is 28.6 Å². The molecule has 0 unspecified atom stereocenters. The van der Waals surface area contributed by atoms with Gasteiger partial charge in [0.2, 0.25) is 0 Å². The van der Waals surface area contributed by atoms with Gasteiger partial charge < -0.3 is 9.64 Å². The second-order valence-electron chi connectivity index (χ2n) is 6.88. The second kappa shape index (κ2) is 7.80. The lowest BCUT2D eigenvalue weighted by molar-refractivity contribution is 0.250. The van der Waals surface area contributed by atoms with Gasteiger partial charge >= 0.3 is 0 Å². The molecule has 2 heterocycles. The molecule has 2 aromatic carbocycles. The summed E-state index contributed by atoms with van der Waals surface area (Å²) in [5, 5.41) is 1.23. The quantitative estimate of drug-likeness (QED) is 0.671. The molecule has 1 aliphatic rings. The number of piperazine rings is 1. The molecular weight excluding hydrogens is 334 g/mol. The Hall–Kier alpha value is -2.85. The number of rotatable bonds is 5. The van der Waals surface area contributed by atoms with Gasteiger partial charge in [0.15, 0.2) is 0 Å². The van der Waals surface area contributed by atoms with E-state index in [1.54, 1.807) is 7.11 Å². The standard InChI is InChI=1S/C23H25N3O.H2/c1-3-18-6-7-19(22-5-4-12-24-23(18)22)17-25-13-15-26(16-14-25)20-8-10-21(27-2)11-9-20;/h3-12H,1,13-17H2,2H3;1H. The lowest BCUT2D eigenvalue weighted by Crippen LogP contribution is -2.45. The van der Waals surface area contributed by atoms with Crippen LogP contribution < -0.4 is 9.64 Å². The molecule has 4 nitrogen and oxygen atoms in total. The molecule has 1 aromatic heterocycles. The monoisotopic (exact) mass is 361 g/mol. The molecule has 0 radical (unpaired) electrons. The average molecular weight is 361 g/mol. The van der Waals surface area contributed by atoms with Crippen molar-refractivity contribution in [3.63, 3.8) is 0 Å². The van der Waals surface area contributed by atoms with Crippen molar-refractivity contribution in [1.82, 2.24) is 9.88 Å². The van der Waals surface area contributed by atoms with Crippen LogP contribution in [-0.4, -0.2) is 43.2 Å². The third-order valence-electron chi connectivity index (χ3n) is 5.31. The van der Waals surface area contributed by atoms with Gasteiger partial charge in [0.1, 0.15) is 5.75 Å². The molecule has 3 aromatic rings. The average Bonchev–Trinajstić information content (AvgIpc) is 2.75. The maximum atomic E-state index is 5.25. The van der Waals surface area contributed by atoms with E-state index in [2.05, 4.69) is 51.7 Å². The zero-order valence-electron chi connectivity index (χ0n) is 15.8. The Kier molecular flexibility index (Phi) is 5.07. The smallest absolute Gasteiger partial charge is 0.119 e. The van der Waals surface area contributed by atoms with Gasteiger partial charge in [0.25, 0.3) is 0 Å². The number of methoxy groups -OCH3 is 1. The number of fused-ring (bicyclic) bond motifs is 1. The summed E-state index contributed by atoms with van der Waals surface area (Å²) in [6, 6.07) is 16.9. The van der Waals surface area contributed by atoms with E-state index in [0.717, 1.165) is 49.6 Å². The minimum atomic E-state index is 0. The van der Waals surface area contributed by atoms with Gasteiger partial charge in [0, 0.05) is 57.0 Å². The summed E-state index contributed by atoms with van der Waals surface area (Å²) in [4.78, 5) is 9.53. The summed E-state index contributed by atoms with van der Waals surface area (Å²) in [6.07, 6.45) is 3.74. The molecular formula is C23H27N3O. The summed E-state index contributed by atoms with van der Waals surface area (Å²) in [5.41, 5.74) is 4.74. The molecule has 0 atom stereocenters. The normalized spacial score (nSPS) is 15.1. The van der Waals surface area contributed by atoms with Gasteiger partial charge in [-0.25, -0.2) is 0 Å². The first-order chi connectivity index (χ1) is 13.3. The Morgan fingerprint density at radius 3 is 2.56 bits per heavy atom. The van der Waals surface area contributed by atoms with E-state index in [1.165, 1.54) is 16.6 Å². The van der Waals surface area contributed by atoms with Crippen LogP contribution in [0.4, 0.5) is 5.69 Å². The van der Waals surface area contributed by atoms with Crippen molar-refractivity contribution >= 4 is 22.7 Å². The number of ether oxygens (including phenoxy) is 1. The number of hydrogen-bond donors (Lipinski definition) is 0. The van der Waals surface area contributed by atoms with Gasteiger partial charge in [-0.15, -0.1) is 0 Å². The predicted octanol–water partition coefficient (Wildman–Crippen LogP) is 4.45. The van der Waals surface area contributed by atoms with Gasteiger partial charge in [-0.2, -0.15) is 0 Å². The molecule has 1 saturated heterocycles. The SMILES string of the molecule is C=Cc1ccc(CN2CCN(c3ccc(OC)cc3)CC2)c2cccnc12.[HH]. The molecule has 0 aliphatic carbocycles. The first kappa shape index (κ1) is 17.6. The highest BCUT2D eigenvalue weighted by molar-refractivity contribution is 5.89. The first-order valence-electron chi connectivity index (χ1n) is 9.39. The van der Waals surface area contributed by atoms with Crippen LogP contribution in [0.15, 0.2) is 61.3 Å². The minimum absolute atomic E-state index is 0. The number of pyridine rings is 1. The molecule has 1 fully saturated rings. The Balaban J connectivity index is 0.00000225. The van der Waals surface area contributed by atoms with E-state index in [-0.39, 0.29) is 1.43 Å². The minimum Gasteiger partial charge on any atom is -0.497 e. The zero-order chi connectivity index (χ0) is 18.6. The number of aromatic nitrogens is 1. The van der Waals surface area contributed by atoms with E-state index in [0.29, 0.717) is 0 Å². The van der Waals surface area contributed by atoms with Crippen LogP contribution in [0.2, 0.25) is 0 Å². The van der Waals surface area contributed by atoms with E-state index < -0.39 is 0 Å². The van der Waals surface area contributed by atoms with Crippen molar-refractivity contribution < 1.29 is 6.16 Å². The molecule has 4 heteroatoms. The maximum Gasteiger partial charge on any atom is 0.119 e. The third kappa shape index (κ3) is 3.67. The van der Waals surface area contributed by atoms with Crippen LogP contribution in [-0.2, 0) is 6.54 Å². The van der Waals surface area contributed by atoms with Crippen LogP contribution in [0.25, 0.3) is 17.0 Å². The Morgan fingerprint density at radius 2 is 1.85 bits per heavy atom. The van der Waals surface area contributed by atoms with Gasteiger partial charge in [-0.1, -0.05) is 30.9 Å². The predicted molar refractivity (Wildman–Crippen MR) is 114 cm³/mol. The molecule has 0 saturated carbocycles. The van der Waals surface area contributed by atoms with Crippen LogP contribution in [0.1, 0.15) is 12.6 Å². The largest absolute Gasteiger partial charge is 0.497 e. The van der Waals surface area contributed by atoms with Crippen LogP contribution >= 0.6 is 0 Å². The molecule has 0 amide bonds. The van der Waals surface area contributed by atoms with Crippen molar-refractivity contribution in [3.8, 4) is 5.75 Å². The van der Waals surface area contributed by atoms with Gasteiger partial charge in [-0.3, -0.25) is 9.88 Å². The fourth-order valence-corrected chi connectivity index (χ4v) is 3.75. The summed E-state index contributed by atoms with van der Waals surface area (Å²) < 4.78 is 5.25. The maximum absolute atomic E-state index is 5.25. The van der Waals surface area contributed by atoms with Gasteiger partial charge in [-0.05, 0) is 35.9 Å². The van der Waals surface area contributed by atoms with Crippen molar-refractivity contribution in [2.75, 3.05) is 38.2 Å². The molecule has 4 rings (SSSR count). The fourth-order valence-electron chi connectivity index (χ4n) is 3.75. The van der Waals surface area contributed by atoms with Crippen molar-refractivity contribution in [2.45, 2.75) is 6.54 Å². The first-order valence-corrected chi connectivity index (χ1v) is 9.39. The highest BCUT2D eigenvalue weighted by Gasteiger charge is 2.18. The molecule has 0 N–H and O–H groups in total. The van der Waals surface area contributed by atoms with Crippen LogP contribution in [0.5, 0.6) is 5.75 Å². The number of hydrogen-bond acceptors (Lipinski definition) is 4. The molecule has 140 valence electrons. The number of nitrogens with zero attached hydrogens (tertiary/aromatic N) is 3. The Bertz CT molecular complexity index is 934. The van der Waals surface area contributed by atoms with Crippen molar-refractivity contribution in [3.05, 3.63) is 72.4 Å². The highest BCUT2D eigenvalue weighted by atomic mass is 16.5. The molecule has 0 spiro atoms. The number of anilines is 1. The number of benzene rings is 2. The Labute approximate surface area is 162 Å². The highest BCUT2D eigenvalue weighted by Crippen LogP contribution is 2.25. The van der Waals surface area contributed by atoms with E-state index in [9.17, 15) is 0 Å². The van der Waals surface area contributed by atoms with Crippen molar-refractivity contribution in [2.24, 2.45) is 0 Å². The van der Waals surface area contributed by atoms with Crippen molar-refractivity contribution in [1.29, 1.82) is 0 Å². The van der Waals surface area contributed by atoms with E-state index >= 15 is 0 Å². The summed E-state index contributed by atoms with van der Waals surface area (Å²) in [5.74, 6) is 0.904. The van der Waals surface area contributed by atoms with E-state index in [4.69, 9.17) is 4.74 Å². The lowest BCUT2D eigenvalue weighted by atomic mass is 10.0. The zero-order valence-corrected chi connectivity index (χ0v) is 15.8. The van der Waals surface area contributed by atoms with Crippen LogP contribution in [0.3, 0.4) is 0 Å². The Morgan fingerprint density at radius 1 is 1.07 bits per heavy atom. The fraction of sp³-hybridized carbons (Fsp3) is 0.261. The molecule has 1 aliphatic heterocycles. The van der Waals surface area contributed by atoms with Crippen LogP contribution in [0, 0.1) is 0 Å². The molecule has 0 bridgehead atoms. The summed E-state index contributed by atoms with van der Waals surface area (Å²) in [7, 11) is 1.70. The summed E-state index contributed by atoms with van der Waals surface area (Å²) in [6.45, 7) is 9.04. The lowest BCUT2D eigenvalue weighted by Gasteiger charge is -2.36. The summed E-state index contributed by atoms with van der Waals surface area (Å²) >= 11 is 0. The van der Waals surface area contributed by atoms with E-state index in [1.807, 2.05) is 30.5 Å². The molecule has 27 heavy (non-hydrogen) atoms. The second-order valence-corrected chi connectivity index (χ2v) is 6.88. The van der Waals surface area contributed by atoms with Gasteiger partial charge in [0.05, 0.1) is 12.6 Å². The third-order valence-corrected chi connectivity index (χ3v) is 5.31.